The van der Waals surface area contributed by atoms with Gasteiger partial charge in [-0.15, -0.1) is 0 Å². The topological polar surface area (TPSA) is 107 Å². The SMILES string of the molecule is O=C(Oc1ccc(C2(c3ccc(OC(=O)C4CO4)cc3)OC(O)c3ccccc32)cc1)C1CO1. The lowest BCUT2D eigenvalue weighted by molar-refractivity contribution is -0.140. The van der Waals surface area contributed by atoms with Crippen molar-refractivity contribution in [3.05, 3.63) is 95.1 Å². The van der Waals surface area contributed by atoms with Gasteiger partial charge in [-0.2, -0.15) is 0 Å². The van der Waals surface area contributed by atoms with Crippen LogP contribution in [0.25, 0.3) is 0 Å². The predicted octanol–water partition coefficient (Wildman–Crippen LogP) is 2.61. The van der Waals surface area contributed by atoms with Crippen molar-refractivity contribution in [1.82, 2.24) is 0 Å². The number of fused-ring (bicyclic) bond motifs is 1. The zero-order valence-corrected chi connectivity index (χ0v) is 17.9. The number of hydrogen-bond donors (Lipinski definition) is 1. The lowest BCUT2D eigenvalue weighted by atomic mass is 9.80. The molecule has 0 radical (unpaired) electrons. The average Bonchev–Trinajstić information content (AvgIpc) is 3.77. The van der Waals surface area contributed by atoms with E-state index in [1.165, 1.54) is 0 Å². The number of ether oxygens (including phenoxy) is 5. The van der Waals surface area contributed by atoms with Crippen LogP contribution in [-0.2, 0) is 29.4 Å². The second kappa shape index (κ2) is 8.03. The highest BCUT2D eigenvalue weighted by atomic mass is 16.6. The van der Waals surface area contributed by atoms with Gasteiger partial charge in [-0.1, -0.05) is 48.5 Å². The zero-order chi connectivity index (χ0) is 23.3. The fraction of sp³-hybridized carbons (Fsp3) is 0.231. The van der Waals surface area contributed by atoms with E-state index in [0.29, 0.717) is 30.3 Å². The quantitative estimate of drug-likeness (QED) is 0.340. The summed E-state index contributed by atoms with van der Waals surface area (Å²) >= 11 is 0. The first-order chi connectivity index (χ1) is 16.5. The zero-order valence-electron chi connectivity index (χ0n) is 17.9. The highest BCUT2D eigenvalue weighted by Gasteiger charge is 2.47. The Morgan fingerprint density at radius 3 is 1.71 bits per heavy atom. The summed E-state index contributed by atoms with van der Waals surface area (Å²) in [5.41, 5.74) is 1.78. The largest absolute Gasteiger partial charge is 0.425 e. The first-order valence-corrected chi connectivity index (χ1v) is 10.9. The maximum Gasteiger partial charge on any atom is 0.343 e. The van der Waals surface area contributed by atoms with E-state index >= 15 is 0 Å². The number of aliphatic hydroxyl groups excluding tert-OH is 1. The van der Waals surface area contributed by atoms with E-state index in [1.807, 2.05) is 24.3 Å². The Labute approximate surface area is 194 Å². The highest BCUT2D eigenvalue weighted by Crippen LogP contribution is 2.51. The van der Waals surface area contributed by atoms with Gasteiger partial charge in [-0.05, 0) is 35.4 Å². The third kappa shape index (κ3) is 3.66. The number of carbonyl (C=O) groups is 2. The lowest BCUT2D eigenvalue weighted by Gasteiger charge is -2.31. The third-order valence-corrected chi connectivity index (χ3v) is 6.05. The van der Waals surface area contributed by atoms with Crippen LogP contribution in [0.15, 0.2) is 72.8 Å². The van der Waals surface area contributed by atoms with E-state index in [4.69, 9.17) is 23.7 Å². The van der Waals surface area contributed by atoms with Gasteiger partial charge in [0.15, 0.2) is 18.5 Å². The minimum Gasteiger partial charge on any atom is -0.425 e. The number of esters is 2. The summed E-state index contributed by atoms with van der Waals surface area (Å²) in [6.45, 7) is 0.753. The maximum atomic E-state index is 11.9. The van der Waals surface area contributed by atoms with Crippen LogP contribution >= 0.6 is 0 Å². The van der Waals surface area contributed by atoms with E-state index in [1.54, 1.807) is 48.5 Å². The molecule has 0 saturated carbocycles. The highest BCUT2D eigenvalue weighted by molar-refractivity contribution is 5.80. The molecule has 34 heavy (non-hydrogen) atoms. The predicted molar refractivity (Wildman–Crippen MR) is 116 cm³/mol. The van der Waals surface area contributed by atoms with E-state index < -0.39 is 36.0 Å². The summed E-state index contributed by atoms with van der Waals surface area (Å²) in [7, 11) is 0. The van der Waals surface area contributed by atoms with Crippen molar-refractivity contribution >= 4 is 11.9 Å². The fourth-order valence-corrected chi connectivity index (χ4v) is 4.19. The van der Waals surface area contributed by atoms with Crippen LogP contribution in [0, 0.1) is 0 Å². The van der Waals surface area contributed by atoms with Crippen LogP contribution in [0.2, 0.25) is 0 Å². The molecule has 8 nitrogen and oxygen atoms in total. The first-order valence-electron chi connectivity index (χ1n) is 10.9. The average molecular weight is 460 g/mol. The molecule has 3 aromatic rings. The van der Waals surface area contributed by atoms with E-state index in [0.717, 1.165) is 16.7 Å². The Morgan fingerprint density at radius 1 is 0.765 bits per heavy atom. The lowest BCUT2D eigenvalue weighted by Crippen LogP contribution is -2.29. The number of hydrogen-bond acceptors (Lipinski definition) is 8. The standard InChI is InChI=1S/C26H20O8/c27-23-19-3-1-2-4-20(19)26(34-23,15-5-9-17(10-6-15)32-24(28)21-13-30-21)16-7-11-18(12-8-16)33-25(29)22-14-31-22/h1-12,21-23,27H,13-14H2. The molecule has 0 aromatic heterocycles. The Morgan fingerprint density at radius 2 is 1.24 bits per heavy atom. The molecule has 8 heteroatoms. The maximum absolute atomic E-state index is 11.9. The van der Waals surface area contributed by atoms with Crippen LogP contribution in [0.4, 0.5) is 0 Å². The van der Waals surface area contributed by atoms with Gasteiger partial charge in [0.25, 0.3) is 0 Å². The molecular weight excluding hydrogens is 440 g/mol. The molecule has 0 spiro atoms. The number of rotatable bonds is 6. The molecule has 3 aliphatic heterocycles. The van der Waals surface area contributed by atoms with Crippen LogP contribution in [0.1, 0.15) is 28.5 Å². The summed E-state index contributed by atoms with van der Waals surface area (Å²) in [5, 5.41) is 10.7. The van der Waals surface area contributed by atoms with Gasteiger partial charge in [0.2, 0.25) is 0 Å². The minimum absolute atomic E-state index is 0.377. The Balaban J connectivity index is 1.37. The third-order valence-electron chi connectivity index (χ3n) is 6.05. The number of benzene rings is 3. The first kappa shape index (κ1) is 21.0. The molecule has 2 saturated heterocycles. The molecule has 3 unspecified atom stereocenters. The van der Waals surface area contributed by atoms with Crippen LogP contribution in [0.5, 0.6) is 11.5 Å². The normalized spacial score (nSPS) is 26.4. The van der Waals surface area contributed by atoms with Crippen molar-refractivity contribution < 1.29 is 38.4 Å². The molecule has 0 bridgehead atoms. The Kier molecular flexibility index (Phi) is 4.96. The number of epoxide rings is 2. The Bertz CT molecular complexity index is 1170. The summed E-state index contributed by atoms with van der Waals surface area (Å²) < 4.78 is 26.9. The van der Waals surface area contributed by atoms with Crippen molar-refractivity contribution in [2.45, 2.75) is 24.1 Å². The van der Waals surface area contributed by atoms with Gasteiger partial charge < -0.3 is 28.8 Å². The van der Waals surface area contributed by atoms with E-state index in [9.17, 15) is 14.7 Å². The van der Waals surface area contributed by atoms with E-state index in [2.05, 4.69) is 0 Å². The number of aliphatic hydroxyl groups is 1. The molecule has 2 fully saturated rings. The van der Waals surface area contributed by atoms with Crippen molar-refractivity contribution in [3.8, 4) is 11.5 Å². The van der Waals surface area contributed by atoms with E-state index in [-0.39, 0.29) is 0 Å². The van der Waals surface area contributed by atoms with Crippen molar-refractivity contribution in [2.24, 2.45) is 0 Å². The minimum atomic E-state index is -1.13. The van der Waals surface area contributed by atoms with Gasteiger partial charge in [-0.25, -0.2) is 9.59 Å². The second-order valence-corrected chi connectivity index (χ2v) is 8.27. The molecule has 6 rings (SSSR count). The Hall–Kier alpha value is -3.56. The molecule has 1 N–H and O–H groups in total. The molecule has 3 heterocycles. The number of carbonyl (C=O) groups excluding carboxylic acids is 2. The summed E-state index contributed by atoms with van der Waals surface area (Å²) in [6, 6.07) is 21.3. The molecular formula is C26H20O8. The van der Waals surface area contributed by atoms with Gasteiger partial charge in [-0.3, -0.25) is 0 Å². The van der Waals surface area contributed by atoms with Gasteiger partial charge in [0.05, 0.1) is 13.2 Å². The second-order valence-electron chi connectivity index (χ2n) is 8.27. The van der Waals surface area contributed by atoms with Crippen molar-refractivity contribution in [3.63, 3.8) is 0 Å². The molecule has 172 valence electrons. The molecule has 3 atom stereocenters. The summed E-state index contributed by atoms with van der Waals surface area (Å²) in [5.74, 6) is -0.0873. The van der Waals surface area contributed by atoms with Gasteiger partial charge in [0, 0.05) is 11.1 Å². The molecule has 0 aliphatic carbocycles. The molecule has 0 amide bonds. The van der Waals surface area contributed by atoms with Crippen LogP contribution < -0.4 is 9.47 Å². The molecule has 3 aliphatic rings. The van der Waals surface area contributed by atoms with Crippen LogP contribution in [0.3, 0.4) is 0 Å². The summed E-state index contributed by atoms with van der Waals surface area (Å²) in [4.78, 5) is 23.8. The van der Waals surface area contributed by atoms with Crippen LogP contribution in [-0.4, -0.2) is 42.5 Å². The fourth-order valence-electron chi connectivity index (χ4n) is 4.19. The van der Waals surface area contributed by atoms with Gasteiger partial charge >= 0.3 is 11.9 Å². The summed E-state index contributed by atoms with van der Waals surface area (Å²) in [6.07, 6.45) is -2.12. The van der Waals surface area contributed by atoms with Crippen molar-refractivity contribution in [1.29, 1.82) is 0 Å². The monoisotopic (exact) mass is 460 g/mol. The molecule has 3 aromatic carbocycles. The van der Waals surface area contributed by atoms with Gasteiger partial charge in [0.1, 0.15) is 17.1 Å². The van der Waals surface area contributed by atoms with Crippen molar-refractivity contribution in [2.75, 3.05) is 13.2 Å². The smallest absolute Gasteiger partial charge is 0.343 e.